The van der Waals surface area contributed by atoms with Gasteiger partial charge in [0.1, 0.15) is 0 Å². The van der Waals surface area contributed by atoms with Crippen LogP contribution < -0.4 is 0 Å². The summed E-state index contributed by atoms with van der Waals surface area (Å²) in [6, 6.07) is 9.47. The minimum absolute atomic E-state index is 0. The summed E-state index contributed by atoms with van der Waals surface area (Å²) in [5.41, 5.74) is 0.978. The van der Waals surface area contributed by atoms with Crippen LogP contribution in [-0.2, 0) is 58.5 Å². The van der Waals surface area contributed by atoms with Crippen molar-refractivity contribution >= 4 is 12.9 Å². The fourth-order valence-electron chi connectivity index (χ4n) is 0.724. The Balaban J connectivity index is 0. The molecule has 0 bridgehead atoms. The van der Waals surface area contributed by atoms with Gasteiger partial charge in [0.2, 0.25) is 0 Å². The predicted octanol–water partition coefficient (Wildman–Crippen LogP) is 0.815. The van der Waals surface area contributed by atoms with Crippen molar-refractivity contribution in [1.29, 1.82) is 0 Å². The first kappa shape index (κ1) is 18.6. The maximum absolute atomic E-state index is 9.63. The molecule has 1 aromatic rings. The molecule has 0 saturated heterocycles. The van der Waals surface area contributed by atoms with Crippen molar-refractivity contribution in [3.63, 3.8) is 0 Å². The van der Waals surface area contributed by atoms with Crippen molar-refractivity contribution in [2.24, 2.45) is 0 Å². The number of carbonyl (C=O) groups excluding carboxylic acids is 2. The fourth-order valence-corrected chi connectivity index (χ4v) is 0.724. The molecule has 0 atom stereocenters. The summed E-state index contributed by atoms with van der Waals surface area (Å²) in [6.45, 7) is 1.68. The average molecular weight is 312 g/mol. The van der Waals surface area contributed by atoms with E-state index in [0.717, 1.165) is 10.6 Å². The third-order valence-electron chi connectivity index (χ3n) is 1.54. The number of benzene rings is 1. The van der Waals surface area contributed by atoms with Crippen molar-refractivity contribution in [2.45, 2.75) is 6.61 Å². The molecule has 0 saturated carbocycles. The summed E-state index contributed by atoms with van der Waals surface area (Å²) >= 11 is 0. The summed E-state index contributed by atoms with van der Waals surface area (Å²) in [6.07, 6.45) is 1.48. The van der Waals surface area contributed by atoms with Crippen LogP contribution in [0.1, 0.15) is 5.56 Å². The number of hydrogen-bond acceptors (Lipinski definition) is 4. The smallest absolute Gasteiger partial charge is 0.0745 e. The molecule has 1 aromatic carbocycles. The summed E-state index contributed by atoms with van der Waals surface area (Å²) in [7, 11) is 2.86. The molecule has 1 rings (SSSR count). The minimum Gasteiger partial charge on any atom is -0.650 e. The zero-order chi connectivity index (χ0) is 12.2. The van der Waals surface area contributed by atoms with Crippen LogP contribution in [0.4, 0.5) is 0 Å². The maximum Gasteiger partial charge on any atom is 0.0745 e. The van der Waals surface area contributed by atoms with Crippen molar-refractivity contribution < 1.29 is 51.9 Å². The van der Waals surface area contributed by atoms with Crippen LogP contribution in [0, 0.1) is 0 Å². The monoisotopic (exact) mass is 312 g/mol. The Kier molecular flexibility index (Phi) is 14.5. The molecule has 0 aliphatic heterocycles. The van der Waals surface area contributed by atoms with Crippen molar-refractivity contribution in [1.82, 2.24) is 5.06 Å². The summed E-state index contributed by atoms with van der Waals surface area (Å²) in [5.74, 6) is 0. The second-order valence-electron chi connectivity index (χ2n) is 2.63. The Hall–Kier alpha value is -0.776. The van der Waals surface area contributed by atoms with E-state index in [1.807, 2.05) is 30.3 Å². The summed E-state index contributed by atoms with van der Waals surface area (Å²) in [5, 5.41) is 0.944. The Morgan fingerprint density at radius 2 is 1.82 bits per heavy atom. The van der Waals surface area contributed by atoms with Crippen LogP contribution >= 0.6 is 0 Å². The van der Waals surface area contributed by atoms with Crippen molar-refractivity contribution in [3.8, 4) is 0 Å². The van der Waals surface area contributed by atoms with E-state index in [0.29, 0.717) is 6.61 Å². The van der Waals surface area contributed by atoms with Crippen LogP contribution in [0.25, 0.3) is 0 Å². The van der Waals surface area contributed by atoms with Gasteiger partial charge in [0.05, 0.1) is 13.7 Å². The first-order valence-corrected chi connectivity index (χ1v) is 4.43. The van der Waals surface area contributed by atoms with Gasteiger partial charge in [-0.05, 0) is 12.6 Å². The van der Waals surface area contributed by atoms with E-state index in [1.54, 1.807) is 0 Å². The minimum atomic E-state index is 0. The molecule has 1 amide bonds. The van der Waals surface area contributed by atoms with E-state index in [-0.39, 0.29) is 32.7 Å². The molecule has 0 aliphatic rings. The van der Waals surface area contributed by atoms with Crippen LogP contribution in [0.3, 0.4) is 0 Å². The van der Waals surface area contributed by atoms with Crippen LogP contribution in [0.15, 0.2) is 30.3 Å². The molecule has 91 valence electrons. The average Bonchev–Trinajstić information content (AvgIpc) is 2.37. The molecule has 0 spiro atoms. The molecule has 0 heterocycles. The molecule has 6 heteroatoms. The third kappa shape index (κ3) is 11.5. The number of nitrogens with zero attached hydrogens (tertiary/aromatic N) is 1. The second-order valence-corrected chi connectivity index (χ2v) is 2.63. The molecular weight excluding hydrogens is 299 g/mol. The topological polar surface area (TPSA) is 55.8 Å². The van der Waals surface area contributed by atoms with Crippen LogP contribution in [0.2, 0.25) is 0 Å². The fraction of sp³-hybridized carbons (Fsp3) is 0.273. The number of hydroxylamine groups is 2. The summed E-state index contributed by atoms with van der Waals surface area (Å²) < 4.78 is 4.41. The maximum atomic E-state index is 9.63. The van der Waals surface area contributed by atoms with E-state index < -0.39 is 0 Å². The molecule has 0 aliphatic carbocycles. The number of rotatable bonds is 5. The molecule has 0 fully saturated rings. The summed E-state index contributed by atoms with van der Waals surface area (Å²) in [4.78, 5) is 23.4. The SMILES string of the molecule is CON(C)[C-]=O.O=[C-]OCc1ccccc1.[Y]. The van der Waals surface area contributed by atoms with E-state index >= 15 is 0 Å². The van der Waals surface area contributed by atoms with Gasteiger partial charge < -0.3 is 24.2 Å². The van der Waals surface area contributed by atoms with Gasteiger partial charge in [0, 0.05) is 32.7 Å². The van der Waals surface area contributed by atoms with Gasteiger partial charge >= 0.3 is 0 Å². The van der Waals surface area contributed by atoms with Gasteiger partial charge in [-0.2, -0.15) is 0 Å². The normalized spacial score (nSPS) is 7.88. The van der Waals surface area contributed by atoms with Crippen molar-refractivity contribution in [2.75, 3.05) is 14.2 Å². The molecule has 0 aromatic heterocycles. The number of ether oxygens (including phenoxy) is 1. The predicted molar refractivity (Wildman–Crippen MR) is 57.4 cm³/mol. The van der Waals surface area contributed by atoms with Gasteiger partial charge in [-0.1, -0.05) is 36.8 Å². The van der Waals surface area contributed by atoms with Crippen LogP contribution in [0.5, 0.6) is 0 Å². The first-order valence-electron chi connectivity index (χ1n) is 4.43. The van der Waals surface area contributed by atoms with Gasteiger partial charge in [0.15, 0.2) is 0 Å². The molecule has 17 heavy (non-hydrogen) atoms. The second kappa shape index (κ2) is 13.3. The van der Waals surface area contributed by atoms with Gasteiger partial charge in [-0.3, -0.25) is 0 Å². The Bertz CT molecular complexity index is 295. The molecule has 1 radical (unpaired) electrons. The van der Waals surface area contributed by atoms with E-state index in [2.05, 4.69) is 9.57 Å². The molecule has 5 nitrogen and oxygen atoms in total. The molecule has 0 unspecified atom stereocenters. The first-order chi connectivity index (χ1) is 7.74. The Morgan fingerprint density at radius 1 is 1.24 bits per heavy atom. The van der Waals surface area contributed by atoms with Gasteiger partial charge in [-0.15, -0.1) is 6.41 Å². The number of hydrogen-bond donors (Lipinski definition) is 0. The van der Waals surface area contributed by atoms with Gasteiger partial charge in [0.25, 0.3) is 0 Å². The van der Waals surface area contributed by atoms with Gasteiger partial charge in [-0.25, -0.2) is 0 Å². The Labute approximate surface area is 126 Å². The molecular formula is C11H13NO4Y-2. The standard InChI is InChI=1S/C8H7O2.C3H6NO2.Y/c9-7-10-6-8-4-2-1-3-5-8;1-4(3-5)6-2;/h1-5H,6H2;1-2H3;/q2*-1;. The van der Waals surface area contributed by atoms with Crippen molar-refractivity contribution in [3.05, 3.63) is 35.9 Å². The van der Waals surface area contributed by atoms with E-state index in [1.165, 1.54) is 27.0 Å². The van der Waals surface area contributed by atoms with Crippen LogP contribution in [-0.4, -0.2) is 32.1 Å². The zero-order valence-corrected chi connectivity index (χ0v) is 12.6. The van der Waals surface area contributed by atoms with E-state index in [9.17, 15) is 9.59 Å². The third-order valence-corrected chi connectivity index (χ3v) is 1.54. The largest absolute Gasteiger partial charge is 0.650 e. The zero-order valence-electron chi connectivity index (χ0n) is 9.75. The quantitative estimate of drug-likeness (QED) is 0.459. The van der Waals surface area contributed by atoms with E-state index in [4.69, 9.17) is 0 Å². The Morgan fingerprint density at radius 3 is 2.18 bits per heavy atom. The molecule has 0 N–H and O–H groups in total. The number of amides is 1.